The monoisotopic (exact) mass is 393 g/mol. The quantitative estimate of drug-likeness (QED) is 0.671. The molecule has 0 unspecified atom stereocenters. The number of likely N-dealkylation sites (tertiary alicyclic amines) is 1. The van der Waals surface area contributed by atoms with Crippen LogP contribution in [0.4, 0.5) is 0 Å². The first-order valence-corrected chi connectivity index (χ1v) is 9.41. The summed E-state index contributed by atoms with van der Waals surface area (Å²) in [6, 6.07) is 12.4. The highest BCUT2D eigenvalue weighted by molar-refractivity contribution is 5.95. The van der Waals surface area contributed by atoms with Crippen LogP contribution in [0, 0.1) is 0 Å². The average Bonchev–Trinajstić information content (AvgIpc) is 3.52. The number of carbonyl (C=O) groups is 1. The zero-order chi connectivity index (χ0) is 19.8. The first-order chi connectivity index (χ1) is 14.2. The van der Waals surface area contributed by atoms with Crippen molar-refractivity contribution in [1.29, 1.82) is 0 Å². The van der Waals surface area contributed by atoms with Crippen LogP contribution in [0.1, 0.15) is 35.1 Å². The summed E-state index contributed by atoms with van der Waals surface area (Å²) in [4.78, 5) is 19.4. The zero-order valence-electron chi connectivity index (χ0n) is 15.8. The molecule has 0 saturated carbocycles. The predicted molar refractivity (Wildman–Crippen MR) is 102 cm³/mol. The Morgan fingerprint density at radius 3 is 2.79 bits per heavy atom. The minimum Gasteiger partial charge on any atom is -0.497 e. The summed E-state index contributed by atoms with van der Waals surface area (Å²) >= 11 is 0. The van der Waals surface area contributed by atoms with Gasteiger partial charge in [-0.1, -0.05) is 5.16 Å². The molecule has 1 amide bonds. The van der Waals surface area contributed by atoms with E-state index in [0.29, 0.717) is 35.3 Å². The summed E-state index contributed by atoms with van der Waals surface area (Å²) in [6.45, 7) is 0.813. The molecule has 1 aromatic heterocycles. The highest BCUT2D eigenvalue weighted by Crippen LogP contribution is 2.36. The van der Waals surface area contributed by atoms with Gasteiger partial charge in [-0.3, -0.25) is 4.79 Å². The molecule has 8 nitrogen and oxygen atoms in total. The molecule has 1 fully saturated rings. The third kappa shape index (κ3) is 3.16. The standard InChI is InChI=1S/C21H19N3O5/c1-26-15-7-4-13(5-8-15)19-22-20(29-23-19)16-3-2-10-24(16)21(25)14-6-9-17-18(11-14)28-12-27-17/h4-9,11,16H,2-3,10,12H2,1H3/t16-/m0/s1. The number of ether oxygens (including phenoxy) is 3. The number of amides is 1. The molecule has 8 heteroatoms. The molecule has 29 heavy (non-hydrogen) atoms. The van der Waals surface area contributed by atoms with E-state index in [9.17, 15) is 4.79 Å². The number of aromatic nitrogens is 2. The van der Waals surface area contributed by atoms with Crippen molar-refractivity contribution in [2.75, 3.05) is 20.4 Å². The highest BCUT2D eigenvalue weighted by atomic mass is 16.7. The predicted octanol–water partition coefficient (Wildman–Crippen LogP) is 3.45. The largest absolute Gasteiger partial charge is 0.497 e. The zero-order valence-corrected chi connectivity index (χ0v) is 15.8. The van der Waals surface area contributed by atoms with Crippen molar-refractivity contribution >= 4 is 5.91 Å². The number of carbonyl (C=O) groups excluding carboxylic acids is 1. The van der Waals surface area contributed by atoms with Gasteiger partial charge in [-0.15, -0.1) is 0 Å². The smallest absolute Gasteiger partial charge is 0.254 e. The van der Waals surface area contributed by atoms with E-state index in [1.54, 1.807) is 30.2 Å². The van der Waals surface area contributed by atoms with Gasteiger partial charge in [0.15, 0.2) is 11.5 Å². The van der Waals surface area contributed by atoms with Crippen LogP contribution in [-0.4, -0.2) is 41.4 Å². The molecule has 1 atom stereocenters. The Labute approximate surface area is 167 Å². The van der Waals surface area contributed by atoms with Gasteiger partial charge < -0.3 is 23.6 Å². The van der Waals surface area contributed by atoms with Crippen LogP contribution in [0.2, 0.25) is 0 Å². The molecule has 0 radical (unpaired) electrons. The Morgan fingerprint density at radius 2 is 1.97 bits per heavy atom. The molecule has 1 saturated heterocycles. The van der Waals surface area contributed by atoms with Gasteiger partial charge in [-0.05, 0) is 55.3 Å². The van der Waals surface area contributed by atoms with E-state index in [2.05, 4.69) is 10.1 Å². The summed E-state index contributed by atoms with van der Waals surface area (Å²) in [6.07, 6.45) is 1.65. The normalized spacial score (nSPS) is 17.6. The molecular weight excluding hydrogens is 374 g/mol. The molecule has 0 N–H and O–H groups in total. The second kappa shape index (κ2) is 7.12. The Kier molecular flexibility index (Phi) is 4.31. The molecule has 2 aromatic carbocycles. The maximum Gasteiger partial charge on any atom is 0.254 e. The van der Waals surface area contributed by atoms with Gasteiger partial charge in [0, 0.05) is 17.7 Å². The molecule has 2 aliphatic heterocycles. The van der Waals surface area contributed by atoms with Crippen molar-refractivity contribution in [3.05, 3.63) is 53.9 Å². The van der Waals surface area contributed by atoms with Gasteiger partial charge >= 0.3 is 0 Å². The molecule has 148 valence electrons. The lowest BCUT2D eigenvalue weighted by Crippen LogP contribution is -2.30. The Balaban J connectivity index is 1.38. The van der Waals surface area contributed by atoms with Gasteiger partial charge in [0.2, 0.25) is 18.5 Å². The Bertz CT molecular complexity index is 1050. The minimum absolute atomic E-state index is 0.0880. The number of hydrogen-bond acceptors (Lipinski definition) is 7. The van der Waals surface area contributed by atoms with Crippen molar-refractivity contribution < 1.29 is 23.5 Å². The molecule has 5 rings (SSSR count). The van der Waals surface area contributed by atoms with E-state index in [0.717, 1.165) is 24.2 Å². The SMILES string of the molecule is COc1ccc(-c2noc([C@@H]3CCCN3C(=O)c3ccc4c(c3)OCO4)n2)cc1. The van der Waals surface area contributed by atoms with Gasteiger partial charge in [-0.25, -0.2) is 0 Å². The van der Waals surface area contributed by atoms with Crippen molar-refractivity contribution in [3.8, 4) is 28.6 Å². The number of hydrogen-bond donors (Lipinski definition) is 0. The van der Waals surface area contributed by atoms with Gasteiger partial charge in [0.25, 0.3) is 5.91 Å². The molecule has 0 bridgehead atoms. The van der Waals surface area contributed by atoms with E-state index >= 15 is 0 Å². The number of nitrogens with zero attached hydrogens (tertiary/aromatic N) is 3. The number of fused-ring (bicyclic) bond motifs is 1. The molecule has 2 aliphatic rings. The fraction of sp³-hybridized carbons (Fsp3) is 0.286. The maximum absolute atomic E-state index is 13.1. The number of methoxy groups -OCH3 is 1. The molecule has 0 spiro atoms. The van der Waals surface area contributed by atoms with Crippen LogP contribution in [0.3, 0.4) is 0 Å². The van der Waals surface area contributed by atoms with Crippen LogP contribution in [0.25, 0.3) is 11.4 Å². The lowest BCUT2D eigenvalue weighted by atomic mass is 10.1. The van der Waals surface area contributed by atoms with E-state index in [1.807, 2.05) is 24.3 Å². The molecule has 3 aromatic rings. The Hall–Kier alpha value is -3.55. The number of benzene rings is 2. The topological polar surface area (TPSA) is 86.9 Å². The minimum atomic E-state index is -0.243. The number of rotatable bonds is 4. The van der Waals surface area contributed by atoms with Gasteiger partial charge in [0.1, 0.15) is 11.8 Å². The van der Waals surface area contributed by atoms with E-state index in [-0.39, 0.29) is 18.7 Å². The van der Waals surface area contributed by atoms with Crippen LogP contribution < -0.4 is 14.2 Å². The lowest BCUT2D eigenvalue weighted by Gasteiger charge is -2.22. The first kappa shape index (κ1) is 17.5. The summed E-state index contributed by atoms with van der Waals surface area (Å²) in [7, 11) is 1.62. The van der Waals surface area contributed by atoms with E-state index in [4.69, 9.17) is 18.7 Å². The second-order valence-electron chi connectivity index (χ2n) is 6.91. The summed E-state index contributed by atoms with van der Waals surface area (Å²) in [5, 5.41) is 4.10. The fourth-order valence-electron chi connectivity index (χ4n) is 3.69. The van der Waals surface area contributed by atoms with Crippen molar-refractivity contribution in [2.24, 2.45) is 0 Å². The maximum atomic E-state index is 13.1. The highest BCUT2D eigenvalue weighted by Gasteiger charge is 2.35. The van der Waals surface area contributed by atoms with Crippen LogP contribution >= 0.6 is 0 Å². The van der Waals surface area contributed by atoms with Gasteiger partial charge in [-0.2, -0.15) is 4.98 Å². The third-order valence-electron chi connectivity index (χ3n) is 5.21. The van der Waals surface area contributed by atoms with Crippen LogP contribution in [0.15, 0.2) is 47.0 Å². The van der Waals surface area contributed by atoms with Crippen molar-refractivity contribution in [2.45, 2.75) is 18.9 Å². The van der Waals surface area contributed by atoms with Gasteiger partial charge in [0.05, 0.1) is 7.11 Å². The third-order valence-corrected chi connectivity index (χ3v) is 5.21. The molecule has 3 heterocycles. The first-order valence-electron chi connectivity index (χ1n) is 9.41. The Morgan fingerprint density at radius 1 is 1.14 bits per heavy atom. The van der Waals surface area contributed by atoms with Crippen LogP contribution in [-0.2, 0) is 0 Å². The van der Waals surface area contributed by atoms with Crippen molar-refractivity contribution in [3.63, 3.8) is 0 Å². The fourth-order valence-corrected chi connectivity index (χ4v) is 3.69. The summed E-state index contributed by atoms with van der Waals surface area (Å²) < 4.78 is 21.4. The molecular formula is C21H19N3O5. The van der Waals surface area contributed by atoms with Crippen molar-refractivity contribution in [1.82, 2.24) is 15.0 Å². The second-order valence-corrected chi connectivity index (χ2v) is 6.91. The summed E-state index contributed by atoms with van der Waals surface area (Å²) in [5.41, 5.74) is 1.38. The van der Waals surface area contributed by atoms with E-state index < -0.39 is 0 Å². The van der Waals surface area contributed by atoms with Crippen LogP contribution in [0.5, 0.6) is 17.2 Å². The molecule has 0 aliphatic carbocycles. The van der Waals surface area contributed by atoms with E-state index in [1.165, 1.54) is 0 Å². The summed E-state index contributed by atoms with van der Waals surface area (Å²) in [5.74, 6) is 2.85. The lowest BCUT2D eigenvalue weighted by molar-refractivity contribution is 0.0709. The average molecular weight is 393 g/mol.